The fourth-order valence-electron chi connectivity index (χ4n) is 2.98. The van der Waals surface area contributed by atoms with Crippen molar-refractivity contribution in [3.8, 4) is 5.75 Å². The van der Waals surface area contributed by atoms with Crippen molar-refractivity contribution in [1.29, 1.82) is 0 Å². The molecule has 1 aromatic rings. The van der Waals surface area contributed by atoms with Crippen LogP contribution in [0.4, 0.5) is 0 Å². The summed E-state index contributed by atoms with van der Waals surface area (Å²) < 4.78 is 10.5. The normalized spacial score (nSPS) is 10.4. The number of ether oxygens (including phenoxy) is 2. The van der Waals surface area contributed by atoms with E-state index in [1.54, 1.807) is 24.3 Å². The molecule has 0 amide bonds. The highest BCUT2D eigenvalue weighted by Gasteiger charge is 2.09. The average Bonchev–Trinajstić information content (AvgIpc) is 2.70. The molecule has 0 atom stereocenters. The number of carboxylic acid groups (broad SMARTS) is 1. The number of esters is 1. The van der Waals surface area contributed by atoms with E-state index in [4.69, 9.17) is 14.6 Å². The molecule has 0 aliphatic carbocycles. The van der Waals surface area contributed by atoms with Crippen LogP contribution in [0, 0.1) is 0 Å². The van der Waals surface area contributed by atoms with Gasteiger partial charge < -0.3 is 14.6 Å². The third-order valence-electron chi connectivity index (χ3n) is 4.57. The molecular weight excluding hydrogens is 356 g/mol. The van der Waals surface area contributed by atoms with E-state index >= 15 is 0 Å². The topological polar surface area (TPSA) is 72.8 Å². The summed E-state index contributed by atoms with van der Waals surface area (Å²) in [6.07, 6.45) is 14.0. The van der Waals surface area contributed by atoms with Crippen LogP contribution in [0.3, 0.4) is 0 Å². The highest BCUT2D eigenvalue weighted by Crippen LogP contribution is 2.18. The molecule has 0 spiro atoms. The van der Waals surface area contributed by atoms with Crippen LogP contribution in [0.5, 0.6) is 5.75 Å². The van der Waals surface area contributed by atoms with E-state index in [1.807, 2.05) is 0 Å². The van der Waals surface area contributed by atoms with E-state index in [0.29, 0.717) is 19.0 Å². The highest BCUT2D eigenvalue weighted by molar-refractivity contribution is 5.90. The van der Waals surface area contributed by atoms with Crippen LogP contribution in [-0.4, -0.2) is 30.3 Å². The SMILES string of the molecule is C=CC(=O)OCCCCCCCCCCCCCOc1ccccc1C(=O)O. The molecule has 0 radical (unpaired) electrons. The van der Waals surface area contributed by atoms with Gasteiger partial charge in [0.1, 0.15) is 11.3 Å². The third-order valence-corrected chi connectivity index (χ3v) is 4.57. The number of benzene rings is 1. The average molecular weight is 391 g/mol. The minimum atomic E-state index is -0.952. The van der Waals surface area contributed by atoms with Gasteiger partial charge in [0.15, 0.2) is 0 Å². The molecule has 0 heterocycles. The summed E-state index contributed by atoms with van der Waals surface area (Å²) >= 11 is 0. The van der Waals surface area contributed by atoms with E-state index < -0.39 is 5.97 Å². The van der Waals surface area contributed by atoms with E-state index in [1.165, 1.54) is 51.0 Å². The van der Waals surface area contributed by atoms with Crippen molar-refractivity contribution < 1.29 is 24.2 Å². The van der Waals surface area contributed by atoms with Gasteiger partial charge in [-0.15, -0.1) is 0 Å². The Hall–Kier alpha value is -2.30. The monoisotopic (exact) mass is 390 g/mol. The molecule has 28 heavy (non-hydrogen) atoms. The van der Waals surface area contributed by atoms with Crippen LogP contribution >= 0.6 is 0 Å². The second-order valence-electron chi connectivity index (χ2n) is 6.91. The number of hydrogen-bond donors (Lipinski definition) is 1. The molecule has 1 rings (SSSR count). The molecule has 0 bridgehead atoms. The Morgan fingerprint density at radius 1 is 0.821 bits per heavy atom. The predicted octanol–water partition coefficient (Wildman–Crippen LogP) is 5.78. The standard InChI is InChI=1S/C23H34O5/c1-2-22(24)28-19-15-11-9-7-5-3-4-6-8-10-14-18-27-21-17-13-12-16-20(21)23(25)26/h2,12-13,16-17H,1,3-11,14-15,18-19H2,(H,25,26). The first-order valence-electron chi connectivity index (χ1n) is 10.4. The zero-order chi connectivity index (χ0) is 20.5. The number of carboxylic acids is 1. The molecular formula is C23H34O5. The first-order chi connectivity index (χ1) is 13.6. The molecule has 0 aliphatic heterocycles. The quantitative estimate of drug-likeness (QED) is 0.207. The second kappa shape index (κ2) is 15.7. The predicted molar refractivity (Wildman–Crippen MR) is 111 cm³/mol. The van der Waals surface area contributed by atoms with E-state index in [9.17, 15) is 9.59 Å². The number of para-hydroxylation sites is 1. The molecule has 5 nitrogen and oxygen atoms in total. The van der Waals surface area contributed by atoms with Crippen LogP contribution in [0.2, 0.25) is 0 Å². The summed E-state index contributed by atoms with van der Waals surface area (Å²) in [6.45, 7) is 4.42. The van der Waals surface area contributed by atoms with Gasteiger partial charge in [0, 0.05) is 6.08 Å². The van der Waals surface area contributed by atoms with E-state index in [2.05, 4.69) is 6.58 Å². The van der Waals surface area contributed by atoms with Gasteiger partial charge in [0.05, 0.1) is 13.2 Å². The Morgan fingerprint density at radius 2 is 1.32 bits per heavy atom. The maximum Gasteiger partial charge on any atom is 0.339 e. The molecule has 1 N–H and O–H groups in total. The fraction of sp³-hybridized carbons (Fsp3) is 0.565. The minimum Gasteiger partial charge on any atom is -0.493 e. The molecule has 1 aromatic carbocycles. The summed E-state index contributed by atoms with van der Waals surface area (Å²) in [5.41, 5.74) is 0.222. The van der Waals surface area contributed by atoms with Gasteiger partial charge in [0.2, 0.25) is 0 Å². The Kier molecular flexibility index (Phi) is 13.3. The van der Waals surface area contributed by atoms with Crippen LogP contribution in [-0.2, 0) is 9.53 Å². The number of carbonyl (C=O) groups is 2. The van der Waals surface area contributed by atoms with Crippen molar-refractivity contribution in [3.63, 3.8) is 0 Å². The van der Waals surface area contributed by atoms with Crippen LogP contribution in [0.25, 0.3) is 0 Å². The Balaban J connectivity index is 1.87. The van der Waals surface area contributed by atoms with Gasteiger partial charge in [-0.05, 0) is 25.0 Å². The molecule has 0 saturated carbocycles. The van der Waals surface area contributed by atoms with Crippen LogP contribution < -0.4 is 4.74 Å². The number of rotatable bonds is 17. The van der Waals surface area contributed by atoms with Crippen molar-refractivity contribution in [3.05, 3.63) is 42.5 Å². The van der Waals surface area contributed by atoms with Crippen molar-refractivity contribution >= 4 is 11.9 Å². The Morgan fingerprint density at radius 3 is 1.86 bits per heavy atom. The van der Waals surface area contributed by atoms with Gasteiger partial charge >= 0.3 is 11.9 Å². The summed E-state index contributed by atoms with van der Waals surface area (Å²) in [4.78, 5) is 22.0. The second-order valence-corrected chi connectivity index (χ2v) is 6.91. The lowest BCUT2D eigenvalue weighted by molar-refractivity contribution is -0.137. The zero-order valence-corrected chi connectivity index (χ0v) is 16.9. The largest absolute Gasteiger partial charge is 0.493 e. The maximum atomic E-state index is 11.1. The number of unbranched alkanes of at least 4 members (excludes halogenated alkanes) is 10. The molecule has 156 valence electrons. The first kappa shape index (κ1) is 23.7. The Bertz CT molecular complexity index is 582. The molecule has 0 aromatic heterocycles. The molecule has 0 aliphatic rings. The molecule has 0 fully saturated rings. The number of carbonyl (C=O) groups excluding carboxylic acids is 1. The number of hydrogen-bond acceptors (Lipinski definition) is 4. The maximum absolute atomic E-state index is 11.1. The van der Waals surface area contributed by atoms with Crippen molar-refractivity contribution in [2.75, 3.05) is 13.2 Å². The van der Waals surface area contributed by atoms with Crippen LogP contribution in [0.1, 0.15) is 81.0 Å². The van der Waals surface area contributed by atoms with Gasteiger partial charge in [0.25, 0.3) is 0 Å². The molecule has 0 unspecified atom stereocenters. The smallest absolute Gasteiger partial charge is 0.339 e. The summed E-state index contributed by atoms with van der Waals surface area (Å²) in [5, 5.41) is 9.11. The fourth-order valence-corrected chi connectivity index (χ4v) is 2.98. The van der Waals surface area contributed by atoms with Crippen molar-refractivity contribution in [2.45, 2.75) is 70.6 Å². The lowest BCUT2D eigenvalue weighted by atomic mass is 10.1. The summed E-state index contributed by atoms with van der Waals surface area (Å²) in [5.74, 6) is -0.836. The van der Waals surface area contributed by atoms with E-state index in [0.717, 1.165) is 25.7 Å². The third kappa shape index (κ3) is 11.4. The van der Waals surface area contributed by atoms with Gasteiger partial charge in [-0.1, -0.05) is 76.5 Å². The highest BCUT2D eigenvalue weighted by atomic mass is 16.5. The van der Waals surface area contributed by atoms with Gasteiger partial charge in [-0.3, -0.25) is 0 Å². The molecule has 5 heteroatoms. The first-order valence-corrected chi connectivity index (χ1v) is 10.4. The Labute approximate surface area is 168 Å². The van der Waals surface area contributed by atoms with Gasteiger partial charge in [-0.25, -0.2) is 9.59 Å². The number of aromatic carboxylic acids is 1. The summed E-state index contributed by atoms with van der Waals surface area (Å²) in [6, 6.07) is 6.77. The lowest BCUT2D eigenvalue weighted by Gasteiger charge is -2.08. The van der Waals surface area contributed by atoms with Crippen molar-refractivity contribution in [1.82, 2.24) is 0 Å². The lowest BCUT2D eigenvalue weighted by Crippen LogP contribution is -2.04. The minimum absolute atomic E-state index is 0.222. The zero-order valence-electron chi connectivity index (χ0n) is 16.9. The summed E-state index contributed by atoms with van der Waals surface area (Å²) in [7, 11) is 0. The van der Waals surface area contributed by atoms with Gasteiger partial charge in [-0.2, -0.15) is 0 Å². The van der Waals surface area contributed by atoms with Crippen LogP contribution in [0.15, 0.2) is 36.9 Å². The molecule has 0 saturated heterocycles. The van der Waals surface area contributed by atoms with E-state index in [-0.39, 0.29) is 11.5 Å². The van der Waals surface area contributed by atoms with Crippen molar-refractivity contribution in [2.24, 2.45) is 0 Å².